The number of sulfone groups is 1. The molecule has 1 aromatic rings. The molecular weight excluding hydrogens is 306 g/mol. The lowest BCUT2D eigenvalue weighted by Gasteiger charge is -2.15. The van der Waals surface area contributed by atoms with Gasteiger partial charge < -0.3 is 10.4 Å². The molecule has 0 aliphatic heterocycles. The Morgan fingerprint density at radius 2 is 1.86 bits per heavy atom. The molecule has 2 N–H and O–H groups in total. The quantitative estimate of drug-likeness (QED) is 0.759. The van der Waals surface area contributed by atoms with Crippen LogP contribution in [-0.4, -0.2) is 37.2 Å². The van der Waals surface area contributed by atoms with Crippen LogP contribution in [-0.2, 0) is 14.6 Å². The lowest BCUT2D eigenvalue weighted by molar-refractivity contribution is -0.139. The van der Waals surface area contributed by atoms with Gasteiger partial charge in [-0.05, 0) is 18.6 Å². The average molecular weight is 327 g/mol. The van der Waals surface area contributed by atoms with Gasteiger partial charge in [-0.3, -0.25) is 4.79 Å². The Labute approximate surface area is 130 Å². The Hall–Kier alpha value is -1.89. The Kier molecular flexibility index (Phi) is 6.55. The first-order valence-corrected chi connectivity index (χ1v) is 8.84. The Morgan fingerprint density at radius 3 is 2.41 bits per heavy atom. The van der Waals surface area contributed by atoms with Crippen molar-refractivity contribution in [3.8, 4) is 0 Å². The summed E-state index contributed by atoms with van der Waals surface area (Å²) in [6.07, 6.45) is 1.77. The third-order valence-corrected chi connectivity index (χ3v) is 5.08. The van der Waals surface area contributed by atoms with E-state index in [1.807, 2.05) is 6.92 Å². The van der Waals surface area contributed by atoms with Gasteiger partial charge in [-0.2, -0.15) is 0 Å². The number of carbonyl (C=O) groups excluding carboxylic acids is 1. The Balaban J connectivity index is 3.06. The molecule has 1 aromatic carbocycles. The highest BCUT2D eigenvalue weighted by Crippen LogP contribution is 2.17. The van der Waals surface area contributed by atoms with Crippen LogP contribution in [0.5, 0.6) is 0 Å². The third kappa shape index (κ3) is 4.56. The summed E-state index contributed by atoms with van der Waals surface area (Å²) < 4.78 is 24.0. The molecule has 0 fully saturated rings. The molecule has 0 saturated heterocycles. The fraction of sp³-hybridized carbons (Fsp3) is 0.467. The minimum Gasteiger partial charge on any atom is -0.480 e. The van der Waals surface area contributed by atoms with E-state index < -0.39 is 27.8 Å². The van der Waals surface area contributed by atoms with Gasteiger partial charge in [-0.15, -0.1) is 0 Å². The van der Waals surface area contributed by atoms with Crippen LogP contribution in [0.4, 0.5) is 0 Å². The molecule has 0 bridgehead atoms. The number of aliphatic carboxylic acids is 1. The zero-order chi connectivity index (χ0) is 16.8. The zero-order valence-electron chi connectivity index (χ0n) is 12.7. The summed E-state index contributed by atoms with van der Waals surface area (Å²) >= 11 is 0. The minimum atomic E-state index is -3.56. The summed E-state index contributed by atoms with van der Waals surface area (Å²) in [5, 5.41) is 11.5. The van der Waals surface area contributed by atoms with Gasteiger partial charge in [0.15, 0.2) is 9.84 Å². The molecule has 0 aliphatic rings. The molecule has 7 heteroatoms. The van der Waals surface area contributed by atoms with Gasteiger partial charge in [-0.1, -0.05) is 38.8 Å². The summed E-state index contributed by atoms with van der Waals surface area (Å²) in [4.78, 5) is 23.4. The predicted octanol–water partition coefficient (Wildman–Crippen LogP) is 1.85. The van der Waals surface area contributed by atoms with Gasteiger partial charge in [-0.25, -0.2) is 13.2 Å². The molecule has 1 unspecified atom stereocenters. The van der Waals surface area contributed by atoms with Crippen LogP contribution in [0.15, 0.2) is 29.2 Å². The molecule has 0 spiro atoms. The molecule has 0 aliphatic carbocycles. The average Bonchev–Trinajstić information content (AvgIpc) is 2.50. The second-order valence-corrected chi connectivity index (χ2v) is 7.15. The normalized spacial score (nSPS) is 12.6. The summed E-state index contributed by atoms with van der Waals surface area (Å²) in [5.74, 6) is -1.94. The number of hydrogen-bond donors (Lipinski definition) is 2. The minimum absolute atomic E-state index is 0.0212. The van der Waals surface area contributed by atoms with Crippen molar-refractivity contribution in [3.05, 3.63) is 29.8 Å². The highest BCUT2D eigenvalue weighted by molar-refractivity contribution is 7.91. The predicted molar refractivity (Wildman–Crippen MR) is 82.6 cm³/mol. The van der Waals surface area contributed by atoms with Crippen LogP contribution in [0, 0.1) is 0 Å². The van der Waals surface area contributed by atoms with E-state index in [0.717, 1.165) is 6.42 Å². The molecule has 0 aromatic heterocycles. The van der Waals surface area contributed by atoms with E-state index in [-0.39, 0.29) is 16.2 Å². The van der Waals surface area contributed by atoms with Crippen LogP contribution in [0.3, 0.4) is 0 Å². The van der Waals surface area contributed by atoms with Crippen molar-refractivity contribution in [3.63, 3.8) is 0 Å². The fourth-order valence-corrected chi connectivity index (χ4v) is 3.08. The number of unbranched alkanes of at least 4 members (excludes halogenated alkanes) is 1. The number of amides is 1. The number of rotatable bonds is 8. The van der Waals surface area contributed by atoms with Crippen LogP contribution in [0.25, 0.3) is 0 Å². The van der Waals surface area contributed by atoms with Crippen molar-refractivity contribution in [2.75, 3.05) is 5.75 Å². The number of carbonyl (C=O) groups is 2. The fourth-order valence-electron chi connectivity index (χ4n) is 1.98. The molecule has 1 atom stereocenters. The maximum atomic E-state index is 12.3. The smallest absolute Gasteiger partial charge is 0.326 e. The van der Waals surface area contributed by atoms with Crippen LogP contribution in [0.2, 0.25) is 0 Å². The molecule has 22 heavy (non-hydrogen) atoms. The van der Waals surface area contributed by atoms with E-state index in [2.05, 4.69) is 5.32 Å². The SMILES string of the molecule is CCCCC(NC(=O)c1ccccc1S(=O)(=O)CC)C(=O)O. The van der Waals surface area contributed by atoms with Crippen molar-refractivity contribution in [2.24, 2.45) is 0 Å². The molecule has 1 amide bonds. The molecule has 6 nitrogen and oxygen atoms in total. The van der Waals surface area contributed by atoms with Crippen LogP contribution >= 0.6 is 0 Å². The topological polar surface area (TPSA) is 101 Å². The van der Waals surface area contributed by atoms with Crippen molar-refractivity contribution >= 4 is 21.7 Å². The summed E-state index contributed by atoms with van der Waals surface area (Å²) in [7, 11) is -3.56. The zero-order valence-corrected chi connectivity index (χ0v) is 13.5. The lowest BCUT2D eigenvalue weighted by Crippen LogP contribution is -2.41. The number of carboxylic acid groups (broad SMARTS) is 1. The molecule has 1 rings (SSSR count). The largest absolute Gasteiger partial charge is 0.480 e. The second kappa shape index (κ2) is 7.93. The Bertz CT molecular complexity index is 639. The maximum absolute atomic E-state index is 12.3. The molecule has 0 heterocycles. The van der Waals surface area contributed by atoms with E-state index in [0.29, 0.717) is 12.8 Å². The first kappa shape index (κ1) is 18.2. The van der Waals surface area contributed by atoms with E-state index in [1.54, 1.807) is 6.07 Å². The third-order valence-electron chi connectivity index (χ3n) is 3.30. The van der Waals surface area contributed by atoms with Crippen molar-refractivity contribution in [1.29, 1.82) is 0 Å². The van der Waals surface area contributed by atoms with Gasteiger partial charge in [0.1, 0.15) is 6.04 Å². The summed E-state index contributed by atoms with van der Waals surface area (Å²) in [6.45, 7) is 3.41. The van der Waals surface area contributed by atoms with Crippen LogP contribution in [0.1, 0.15) is 43.5 Å². The molecule has 122 valence electrons. The van der Waals surface area contributed by atoms with E-state index >= 15 is 0 Å². The molecular formula is C15H21NO5S. The number of benzene rings is 1. The first-order valence-electron chi connectivity index (χ1n) is 7.19. The summed E-state index contributed by atoms with van der Waals surface area (Å²) in [6, 6.07) is 4.80. The van der Waals surface area contributed by atoms with E-state index in [9.17, 15) is 18.0 Å². The van der Waals surface area contributed by atoms with Gasteiger partial charge in [0.2, 0.25) is 0 Å². The molecule has 0 radical (unpaired) electrons. The monoisotopic (exact) mass is 327 g/mol. The number of nitrogens with one attached hydrogen (secondary N) is 1. The number of carboxylic acids is 1. The highest BCUT2D eigenvalue weighted by atomic mass is 32.2. The van der Waals surface area contributed by atoms with Gasteiger partial charge >= 0.3 is 5.97 Å². The second-order valence-electron chi connectivity index (χ2n) is 4.91. The van der Waals surface area contributed by atoms with Gasteiger partial charge in [0.05, 0.1) is 16.2 Å². The van der Waals surface area contributed by atoms with Gasteiger partial charge in [0.25, 0.3) is 5.91 Å². The van der Waals surface area contributed by atoms with Gasteiger partial charge in [0, 0.05) is 0 Å². The van der Waals surface area contributed by atoms with Crippen molar-refractivity contribution in [2.45, 2.75) is 44.0 Å². The van der Waals surface area contributed by atoms with E-state index in [1.165, 1.54) is 25.1 Å². The highest BCUT2D eigenvalue weighted by Gasteiger charge is 2.24. The van der Waals surface area contributed by atoms with Crippen LogP contribution < -0.4 is 5.32 Å². The van der Waals surface area contributed by atoms with Crippen molar-refractivity contribution < 1.29 is 23.1 Å². The lowest BCUT2D eigenvalue weighted by atomic mass is 10.1. The maximum Gasteiger partial charge on any atom is 0.326 e. The van der Waals surface area contributed by atoms with E-state index in [4.69, 9.17) is 5.11 Å². The van der Waals surface area contributed by atoms with Crippen molar-refractivity contribution in [1.82, 2.24) is 5.32 Å². The Morgan fingerprint density at radius 1 is 1.23 bits per heavy atom. The first-order chi connectivity index (χ1) is 10.3. The summed E-state index contributed by atoms with van der Waals surface area (Å²) in [5.41, 5.74) is -0.0212. The molecule has 0 saturated carbocycles. The standard InChI is InChI=1S/C15H21NO5S/c1-3-5-9-12(15(18)19)16-14(17)11-8-6-7-10-13(11)22(20,21)4-2/h6-8,10,12H,3-5,9H2,1-2H3,(H,16,17)(H,18,19). The number of hydrogen-bond acceptors (Lipinski definition) is 4.